The fraction of sp³-hybridized carbons (Fsp3) is 0.647. The third kappa shape index (κ3) is 3.11. The maximum absolute atomic E-state index is 5.53. The zero-order chi connectivity index (χ0) is 15.6. The van der Waals surface area contributed by atoms with Crippen molar-refractivity contribution in [1.82, 2.24) is 15.1 Å². The van der Waals surface area contributed by atoms with Crippen LogP contribution < -0.4 is 19.5 Å². The predicted molar refractivity (Wildman–Crippen MR) is 87.2 cm³/mol. The molecule has 0 spiro atoms. The predicted octanol–water partition coefficient (Wildman–Crippen LogP) is 0.903. The second-order valence-corrected chi connectivity index (χ2v) is 6.50. The second kappa shape index (κ2) is 6.55. The van der Waals surface area contributed by atoms with Gasteiger partial charge in [0.25, 0.3) is 0 Å². The molecule has 2 fully saturated rings. The molecule has 1 N–H and O–H groups in total. The number of likely N-dealkylation sites (tertiary alicyclic amines) is 1. The summed E-state index contributed by atoms with van der Waals surface area (Å²) in [6, 6.07) is 4.86. The molecule has 1 unspecified atom stereocenters. The SMILES string of the molecule is COc1cc(CN2CCC(N3CCNCC3)C2)cc2c1OCO2. The number of nitrogens with one attached hydrogen (secondary N) is 1. The fourth-order valence-corrected chi connectivity index (χ4v) is 3.83. The Morgan fingerprint density at radius 2 is 2.09 bits per heavy atom. The van der Waals surface area contributed by atoms with Gasteiger partial charge >= 0.3 is 0 Å². The van der Waals surface area contributed by atoms with Crippen molar-refractivity contribution in [3.05, 3.63) is 17.7 Å². The number of hydrogen-bond donors (Lipinski definition) is 1. The first-order valence-electron chi connectivity index (χ1n) is 8.47. The normalized spacial score (nSPS) is 25.0. The molecule has 0 aliphatic carbocycles. The van der Waals surface area contributed by atoms with Crippen LogP contribution in [-0.4, -0.2) is 69.0 Å². The number of ether oxygens (including phenoxy) is 3. The summed E-state index contributed by atoms with van der Waals surface area (Å²) < 4.78 is 16.4. The Bertz CT molecular complexity index is 560. The Morgan fingerprint density at radius 1 is 1.22 bits per heavy atom. The first kappa shape index (κ1) is 15.1. The number of benzene rings is 1. The van der Waals surface area contributed by atoms with E-state index in [0.717, 1.165) is 50.0 Å². The minimum Gasteiger partial charge on any atom is -0.493 e. The number of methoxy groups -OCH3 is 1. The van der Waals surface area contributed by atoms with E-state index < -0.39 is 0 Å². The highest BCUT2D eigenvalue weighted by atomic mass is 16.7. The molecule has 6 heteroatoms. The molecule has 6 nitrogen and oxygen atoms in total. The minimum absolute atomic E-state index is 0.282. The zero-order valence-electron chi connectivity index (χ0n) is 13.7. The number of nitrogens with zero attached hydrogens (tertiary/aromatic N) is 2. The van der Waals surface area contributed by atoms with Gasteiger partial charge in [0.15, 0.2) is 11.5 Å². The van der Waals surface area contributed by atoms with Gasteiger partial charge in [-0.2, -0.15) is 0 Å². The van der Waals surface area contributed by atoms with Crippen LogP contribution in [0.15, 0.2) is 12.1 Å². The largest absolute Gasteiger partial charge is 0.493 e. The highest BCUT2D eigenvalue weighted by Crippen LogP contribution is 2.42. The van der Waals surface area contributed by atoms with Crippen LogP contribution in [0.2, 0.25) is 0 Å². The Hall–Kier alpha value is -1.50. The summed E-state index contributed by atoms with van der Waals surface area (Å²) in [7, 11) is 1.68. The Kier molecular flexibility index (Phi) is 4.29. The van der Waals surface area contributed by atoms with Crippen LogP contribution in [0.25, 0.3) is 0 Å². The summed E-state index contributed by atoms with van der Waals surface area (Å²) in [5.41, 5.74) is 1.23. The van der Waals surface area contributed by atoms with E-state index >= 15 is 0 Å². The lowest BCUT2D eigenvalue weighted by atomic mass is 10.1. The van der Waals surface area contributed by atoms with Crippen molar-refractivity contribution in [3.8, 4) is 17.2 Å². The van der Waals surface area contributed by atoms with Gasteiger partial charge in [-0.05, 0) is 24.1 Å². The second-order valence-electron chi connectivity index (χ2n) is 6.50. The van der Waals surface area contributed by atoms with Crippen molar-refractivity contribution in [2.75, 3.05) is 53.2 Å². The number of hydrogen-bond acceptors (Lipinski definition) is 6. The Labute approximate surface area is 137 Å². The van der Waals surface area contributed by atoms with Crippen molar-refractivity contribution in [1.29, 1.82) is 0 Å². The van der Waals surface area contributed by atoms with E-state index in [0.29, 0.717) is 6.04 Å². The van der Waals surface area contributed by atoms with Gasteiger partial charge in [0.1, 0.15) is 0 Å². The highest BCUT2D eigenvalue weighted by molar-refractivity contribution is 5.55. The van der Waals surface area contributed by atoms with Crippen LogP contribution in [0.3, 0.4) is 0 Å². The third-order valence-corrected chi connectivity index (χ3v) is 5.04. The van der Waals surface area contributed by atoms with Crippen LogP contribution in [0.5, 0.6) is 17.2 Å². The molecule has 2 saturated heterocycles. The molecule has 0 radical (unpaired) electrons. The quantitative estimate of drug-likeness (QED) is 0.890. The summed E-state index contributed by atoms with van der Waals surface area (Å²) in [4.78, 5) is 5.17. The maximum atomic E-state index is 5.53. The highest BCUT2D eigenvalue weighted by Gasteiger charge is 2.29. The maximum Gasteiger partial charge on any atom is 0.231 e. The van der Waals surface area contributed by atoms with Gasteiger partial charge in [-0.1, -0.05) is 0 Å². The minimum atomic E-state index is 0.282. The van der Waals surface area contributed by atoms with Gasteiger partial charge in [-0.15, -0.1) is 0 Å². The molecular weight excluding hydrogens is 294 g/mol. The smallest absolute Gasteiger partial charge is 0.231 e. The molecule has 0 saturated carbocycles. The lowest BCUT2D eigenvalue weighted by Gasteiger charge is -2.32. The van der Waals surface area contributed by atoms with E-state index in [-0.39, 0.29) is 6.79 Å². The Balaban J connectivity index is 1.41. The topological polar surface area (TPSA) is 46.2 Å². The first-order chi connectivity index (χ1) is 11.3. The van der Waals surface area contributed by atoms with Crippen molar-refractivity contribution in [2.45, 2.75) is 19.0 Å². The summed E-state index contributed by atoms with van der Waals surface area (Å²) in [6.07, 6.45) is 1.27. The van der Waals surface area contributed by atoms with E-state index in [1.54, 1.807) is 7.11 Å². The summed E-state index contributed by atoms with van der Waals surface area (Å²) in [5.74, 6) is 2.31. The zero-order valence-corrected chi connectivity index (χ0v) is 13.7. The van der Waals surface area contributed by atoms with Crippen molar-refractivity contribution in [2.24, 2.45) is 0 Å². The van der Waals surface area contributed by atoms with Crippen molar-refractivity contribution >= 4 is 0 Å². The van der Waals surface area contributed by atoms with E-state index in [2.05, 4.69) is 27.2 Å². The fourth-order valence-electron chi connectivity index (χ4n) is 3.83. The molecule has 1 atom stereocenters. The van der Waals surface area contributed by atoms with Crippen LogP contribution in [0.1, 0.15) is 12.0 Å². The summed E-state index contributed by atoms with van der Waals surface area (Å²) in [6.45, 7) is 8.13. The number of rotatable bonds is 4. The lowest BCUT2D eigenvalue weighted by Crippen LogP contribution is -2.49. The molecule has 3 aliphatic heterocycles. The first-order valence-corrected chi connectivity index (χ1v) is 8.47. The summed E-state index contributed by atoms with van der Waals surface area (Å²) >= 11 is 0. The molecule has 23 heavy (non-hydrogen) atoms. The average Bonchev–Trinajstić information content (AvgIpc) is 3.24. The van der Waals surface area contributed by atoms with Gasteiger partial charge < -0.3 is 19.5 Å². The molecular formula is C17H25N3O3. The lowest BCUT2D eigenvalue weighted by molar-refractivity contribution is 0.170. The van der Waals surface area contributed by atoms with Gasteiger partial charge in [-0.3, -0.25) is 9.80 Å². The number of piperazine rings is 1. The molecule has 3 heterocycles. The third-order valence-electron chi connectivity index (χ3n) is 5.04. The van der Waals surface area contributed by atoms with E-state index in [1.807, 2.05) is 0 Å². The molecule has 0 aromatic heterocycles. The Morgan fingerprint density at radius 3 is 2.91 bits per heavy atom. The van der Waals surface area contributed by atoms with E-state index in [9.17, 15) is 0 Å². The summed E-state index contributed by atoms with van der Waals surface area (Å²) in [5, 5.41) is 3.43. The molecule has 4 rings (SSSR count). The van der Waals surface area contributed by atoms with Crippen molar-refractivity contribution in [3.63, 3.8) is 0 Å². The van der Waals surface area contributed by atoms with Crippen LogP contribution in [-0.2, 0) is 6.54 Å². The average molecular weight is 319 g/mol. The standard InChI is InChI=1S/C17H25N3O3/c1-21-15-8-13(9-16-17(15)23-12-22-16)10-19-5-2-14(11-19)20-6-3-18-4-7-20/h8-9,14,18H,2-7,10-12H2,1H3. The van der Waals surface area contributed by atoms with Gasteiger partial charge in [0.05, 0.1) is 7.11 Å². The molecule has 1 aromatic rings. The monoisotopic (exact) mass is 319 g/mol. The van der Waals surface area contributed by atoms with Crippen LogP contribution in [0, 0.1) is 0 Å². The van der Waals surface area contributed by atoms with Crippen LogP contribution in [0.4, 0.5) is 0 Å². The molecule has 0 amide bonds. The molecule has 0 bridgehead atoms. The molecule has 126 valence electrons. The van der Waals surface area contributed by atoms with Crippen molar-refractivity contribution < 1.29 is 14.2 Å². The van der Waals surface area contributed by atoms with Gasteiger partial charge in [0, 0.05) is 51.9 Å². The van der Waals surface area contributed by atoms with Gasteiger partial charge in [-0.25, -0.2) is 0 Å². The molecule has 1 aromatic carbocycles. The van der Waals surface area contributed by atoms with Gasteiger partial charge in [0.2, 0.25) is 12.5 Å². The van der Waals surface area contributed by atoms with E-state index in [4.69, 9.17) is 14.2 Å². The molecule has 3 aliphatic rings. The number of fused-ring (bicyclic) bond motifs is 1. The van der Waals surface area contributed by atoms with Crippen LogP contribution >= 0.6 is 0 Å². The van der Waals surface area contributed by atoms with E-state index in [1.165, 1.54) is 25.1 Å².